The third-order valence-corrected chi connectivity index (χ3v) is 3.26. The number of methoxy groups -OCH3 is 2. The van der Waals surface area contributed by atoms with Crippen LogP contribution in [-0.2, 0) is 19.1 Å². The Labute approximate surface area is 103 Å². The summed E-state index contributed by atoms with van der Waals surface area (Å²) in [5.74, 6) is -0.867. The van der Waals surface area contributed by atoms with Crippen LogP contribution in [0.25, 0.3) is 0 Å². The molecule has 17 heavy (non-hydrogen) atoms. The maximum absolute atomic E-state index is 12.2. The van der Waals surface area contributed by atoms with Gasteiger partial charge in [0.05, 0.1) is 7.11 Å². The van der Waals surface area contributed by atoms with Crippen LogP contribution < -0.4 is 0 Å². The standard InChI is InChI=1S/C13H22O4/c1-4-5-6-10(13(15)17-3)11(14)12(16-2)9-7-8-9/h9-10,12H,4-8H2,1-3H3. The Morgan fingerprint density at radius 3 is 2.35 bits per heavy atom. The molecular formula is C13H22O4. The molecule has 2 atom stereocenters. The van der Waals surface area contributed by atoms with Crippen molar-refractivity contribution in [2.45, 2.75) is 45.1 Å². The zero-order chi connectivity index (χ0) is 12.8. The lowest BCUT2D eigenvalue weighted by atomic mass is 9.92. The first-order valence-electron chi connectivity index (χ1n) is 6.30. The van der Waals surface area contributed by atoms with Crippen molar-refractivity contribution in [1.82, 2.24) is 0 Å². The second-order valence-electron chi connectivity index (χ2n) is 4.61. The van der Waals surface area contributed by atoms with Gasteiger partial charge in [0.1, 0.15) is 12.0 Å². The molecule has 0 spiro atoms. The minimum atomic E-state index is -0.648. The number of esters is 1. The van der Waals surface area contributed by atoms with Crippen LogP contribution in [0, 0.1) is 11.8 Å². The predicted molar refractivity (Wildman–Crippen MR) is 63.6 cm³/mol. The van der Waals surface area contributed by atoms with E-state index in [-0.39, 0.29) is 5.78 Å². The summed E-state index contributed by atoms with van der Waals surface area (Å²) in [4.78, 5) is 23.9. The lowest BCUT2D eigenvalue weighted by Crippen LogP contribution is -2.36. The zero-order valence-corrected chi connectivity index (χ0v) is 10.9. The molecule has 4 nitrogen and oxygen atoms in total. The molecule has 0 aliphatic heterocycles. The van der Waals surface area contributed by atoms with E-state index in [9.17, 15) is 9.59 Å². The topological polar surface area (TPSA) is 52.6 Å². The summed E-state index contributed by atoms with van der Waals surface area (Å²) in [7, 11) is 2.86. The first-order valence-corrected chi connectivity index (χ1v) is 6.30. The van der Waals surface area contributed by atoms with Crippen molar-refractivity contribution in [1.29, 1.82) is 0 Å². The first-order chi connectivity index (χ1) is 8.15. The summed E-state index contributed by atoms with van der Waals surface area (Å²) in [6.45, 7) is 2.04. The van der Waals surface area contributed by atoms with Gasteiger partial charge in [-0.3, -0.25) is 9.59 Å². The molecule has 0 N–H and O–H groups in total. The second-order valence-corrected chi connectivity index (χ2v) is 4.61. The van der Waals surface area contributed by atoms with E-state index in [1.165, 1.54) is 14.2 Å². The van der Waals surface area contributed by atoms with E-state index in [4.69, 9.17) is 9.47 Å². The highest BCUT2D eigenvalue weighted by atomic mass is 16.5. The van der Waals surface area contributed by atoms with Crippen LogP contribution >= 0.6 is 0 Å². The Bertz CT molecular complexity index is 271. The third-order valence-electron chi connectivity index (χ3n) is 3.26. The molecule has 1 fully saturated rings. The van der Waals surface area contributed by atoms with Gasteiger partial charge < -0.3 is 9.47 Å². The summed E-state index contributed by atoms with van der Waals surface area (Å²) in [6.07, 6.45) is 4.00. The molecular weight excluding hydrogens is 220 g/mol. The molecule has 0 radical (unpaired) electrons. The predicted octanol–water partition coefficient (Wildman–Crippen LogP) is 1.96. The highest BCUT2D eigenvalue weighted by molar-refractivity contribution is 6.01. The number of ketones is 1. The third kappa shape index (κ3) is 3.80. The van der Waals surface area contributed by atoms with Crippen LogP contribution in [0.3, 0.4) is 0 Å². The summed E-state index contributed by atoms with van der Waals surface area (Å²) in [6, 6.07) is 0. The molecule has 1 aliphatic rings. The van der Waals surface area contributed by atoms with E-state index >= 15 is 0 Å². The van der Waals surface area contributed by atoms with Crippen LogP contribution in [0.4, 0.5) is 0 Å². The average molecular weight is 242 g/mol. The van der Waals surface area contributed by atoms with Crippen LogP contribution in [-0.4, -0.2) is 32.1 Å². The number of carbonyl (C=O) groups is 2. The van der Waals surface area contributed by atoms with Gasteiger partial charge in [-0.1, -0.05) is 19.8 Å². The van der Waals surface area contributed by atoms with Crippen molar-refractivity contribution in [3.05, 3.63) is 0 Å². The van der Waals surface area contributed by atoms with Crippen molar-refractivity contribution in [3.63, 3.8) is 0 Å². The minimum absolute atomic E-state index is 0.102. The molecule has 0 amide bonds. The first kappa shape index (κ1) is 14.2. The fourth-order valence-electron chi connectivity index (χ4n) is 2.06. The molecule has 1 saturated carbocycles. The van der Waals surface area contributed by atoms with Crippen molar-refractivity contribution in [3.8, 4) is 0 Å². The van der Waals surface area contributed by atoms with Gasteiger partial charge in [0.15, 0.2) is 5.78 Å². The Balaban J connectivity index is 2.65. The molecule has 0 heterocycles. The van der Waals surface area contributed by atoms with Crippen LogP contribution in [0.15, 0.2) is 0 Å². The molecule has 1 aliphatic carbocycles. The van der Waals surface area contributed by atoms with E-state index in [0.717, 1.165) is 25.7 Å². The van der Waals surface area contributed by atoms with E-state index in [1.807, 2.05) is 6.92 Å². The Hall–Kier alpha value is -0.900. The maximum atomic E-state index is 12.2. The molecule has 98 valence electrons. The summed E-state index contributed by atoms with van der Waals surface area (Å²) < 4.78 is 9.94. The fourth-order valence-corrected chi connectivity index (χ4v) is 2.06. The monoisotopic (exact) mass is 242 g/mol. The number of unbranched alkanes of at least 4 members (excludes halogenated alkanes) is 1. The lowest BCUT2D eigenvalue weighted by molar-refractivity contribution is -0.153. The van der Waals surface area contributed by atoms with Gasteiger partial charge in [0, 0.05) is 7.11 Å². The van der Waals surface area contributed by atoms with Crippen molar-refractivity contribution < 1.29 is 19.1 Å². The highest BCUT2D eigenvalue weighted by Gasteiger charge is 2.41. The molecule has 2 unspecified atom stereocenters. The average Bonchev–Trinajstić information content (AvgIpc) is 3.14. The van der Waals surface area contributed by atoms with Crippen molar-refractivity contribution in [2.24, 2.45) is 11.8 Å². The molecule has 1 rings (SSSR count). The molecule has 4 heteroatoms. The summed E-state index contributed by atoms with van der Waals surface area (Å²) in [5, 5.41) is 0. The van der Waals surface area contributed by atoms with Gasteiger partial charge in [-0.05, 0) is 25.2 Å². The largest absolute Gasteiger partial charge is 0.468 e. The number of Topliss-reactive ketones (excluding diaryl/α,β-unsaturated/α-hetero) is 1. The van der Waals surface area contributed by atoms with Crippen LogP contribution in [0.1, 0.15) is 39.0 Å². The van der Waals surface area contributed by atoms with E-state index in [0.29, 0.717) is 12.3 Å². The Morgan fingerprint density at radius 2 is 1.94 bits per heavy atom. The number of hydrogen-bond donors (Lipinski definition) is 0. The molecule has 0 aromatic heterocycles. The van der Waals surface area contributed by atoms with Crippen LogP contribution in [0.2, 0.25) is 0 Å². The lowest BCUT2D eigenvalue weighted by Gasteiger charge is -2.19. The van der Waals surface area contributed by atoms with Gasteiger partial charge in [-0.25, -0.2) is 0 Å². The van der Waals surface area contributed by atoms with Gasteiger partial charge in [0.25, 0.3) is 0 Å². The van der Waals surface area contributed by atoms with E-state index < -0.39 is 18.0 Å². The van der Waals surface area contributed by atoms with Crippen LogP contribution in [0.5, 0.6) is 0 Å². The molecule has 0 aromatic carbocycles. The van der Waals surface area contributed by atoms with Gasteiger partial charge in [-0.2, -0.15) is 0 Å². The molecule has 0 bridgehead atoms. The SMILES string of the molecule is CCCCC(C(=O)OC)C(=O)C(OC)C1CC1. The van der Waals surface area contributed by atoms with Crippen molar-refractivity contribution in [2.75, 3.05) is 14.2 Å². The summed E-state index contributed by atoms with van der Waals surface area (Å²) >= 11 is 0. The minimum Gasteiger partial charge on any atom is -0.468 e. The highest BCUT2D eigenvalue weighted by Crippen LogP contribution is 2.36. The van der Waals surface area contributed by atoms with Crippen molar-refractivity contribution >= 4 is 11.8 Å². The second kappa shape index (κ2) is 6.74. The molecule has 0 saturated heterocycles. The van der Waals surface area contributed by atoms with Gasteiger partial charge in [0.2, 0.25) is 0 Å². The quantitative estimate of drug-likeness (QED) is 0.482. The van der Waals surface area contributed by atoms with Gasteiger partial charge >= 0.3 is 5.97 Å². The zero-order valence-electron chi connectivity index (χ0n) is 10.9. The maximum Gasteiger partial charge on any atom is 0.316 e. The number of ether oxygens (including phenoxy) is 2. The summed E-state index contributed by atoms with van der Waals surface area (Å²) in [5.41, 5.74) is 0. The van der Waals surface area contributed by atoms with Gasteiger partial charge in [-0.15, -0.1) is 0 Å². The smallest absolute Gasteiger partial charge is 0.316 e. The fraction of sp³-hybridized carbons (Fsp3) is 0.846. The Kier molecular flexibility index (Phi) is 5.62. The number of carbonyl (C=O) groups excluding carboxylic acids is 2. The van der Waals surface area contributed by atoms with E-state index in [1.54, 1.807) is 0 Å². The Morgan fingerprint density at radius 1 is 1.29 bits per heavy atom. The normalized spacial score (nSPS) is 18.5. The molecule has 0 aromatic rings. The number of hydrogen-bond acceptors (Lipinski definition) is 4. The number of rotatable bonds is 8. The van der Waals surface area contributed by atoms with E-state index in [2.05, 4.69) is 0 Å².